The van der Waals surface area contributed by atoms with Crippen LogP contribution in [0.2, 0.25) is 0 Å². The third-order valence-electron chi connectivity index (χ3n) is 5.63. The highest BCUT2D eigenvalue weighted by atomic mass is 16.7. The molecule has 150 valence electrons. The summed E-state index contributed by atoms with van der Waals surface area (Å²) in [6, 6.07) is 8.72. The van der Waals surface area contributed by atoms with Crippen LogP contribution in [0.5, 0.6) is 0 Å². The van der Waals surface area contributed by atoms with Crippen molar-refractivity contribution in [1.82, 2.24) is 9.88 Å². The highest BCUT2D eigenvalue weighted by Gasteiger charge is 2.40. The number of anilines is 1. The number of aryl methyl sites for hydroxylation is 1. The number of hydrogen-bond acceptors (Lipinski definition) is 6. The number of rotatable bonds is 1. The van der Waals surface area contributed by atoms with Crippen molar-refractivity contribution in [2.24, 2.45) is 0 Å². The van der Waals surface area contributed by atoms with Crippen LogP contribution < -0.4 is 10.9 Å². The number of benzene rings is 1. The number of para-hydroxylation sites is 1. The fraction of sp³-hybridized carbons (Fsp3) is 0.381. The second-order valence-electron chi connectivity index (χ2n) is 7.46. The molecule has 1 spiro atoms. The monoisotopic (exact) mass is 395 g/mol. The number of likely N-dealkylation sites (tertiary alicyclic amines) is 1. The Morgan fingerprint density at radius 3 is 2.66 bits per heavy atom. The summed E-state index contributed by atoms with van der Waals surface area (Å²) in [5.41, 5.74) is 1.27. The van der Waals surface area contributed by atoms with Gasteiger partial charge in [0, 0.05) is 31.3 Å². The molecule has 5 rings (SSSR count). The van der Waals surface area contributed by atoms with Gasteiger partial charge in [0.15, 0.2) is 5.79 Å². The minimum Gasteiger partial charge on any atom is -0.422 e. The summed E-state index contributed by atoms with van der Waals surface area (Å²) in [4.78, 5) is 31.4. The molecule has 2 aliphatic rings. The van der Waals surface area contributed by atoms with Crippen LogP contribution in [0, 0.1) is 6.92 Å². The lowest BCUT2D eigenvalue weighted by Gasteiger charge is -2.37. The third-order valence-corrected chi connectivity index (χ3v) is 5.63. The van der Waals surface area contributed by atoms with Gasteiger partial charge < -0.3 is 18.8 Å². The molecule has 3 aromatic rings. The van der Waals surface area contributed by atoms with Gasteiger partial charge in [0.1, 0.15) is 11.4 Å². The molecule has 2 amide bonds. The van der Waals surface area contributed by atoms with E-state index in [1.54, 1.807) is 23.1 Å². The standard InChI is InChI=1S/C21H21N3O5/c1-13-12-16(22-18-14-4-2-3-5-15(14)29-19(25)17(13)18)23-20(26)24-8-6-21(7-9-24)27-10-11-28-21/h2-5,12H,6-11H2,1H3,(H,22,23,26). The summed E-state index contributed by atoms with van der Waals surface area (Å²) in [7, 11) is 0. The smallest absolute Gasteiger partial charge is 0.346 e. The van der Waals surface area contributed by atoms with Crippen LogP contribution in [0.1, 0.15) is 18.4 Å². The normalized spacial score (nSPS) is 18.6. The van der Waals surface area contributed by atoms with Crippen molar-refractivity contribution in [2.75, 3.05) is 31.6 Å². The van der Waals surface area contributed by atoms with Gasteiger partial charge in [-0.25, -0.2) is 14.6 Å². The maximum absolute atomic E-state index is 12.8. The molecule has 0 radical (unpaired) electrons. The minimum atomic E-state index is -0.526. The largest absolute Gasteiger partial charge is 0.422 e. The van der Waals surface area contributed by atoms with Crippen molar-refractivity contribution in [3.63, 3.8) is 0 Å². The zero-order chi connectivity index (χ0) is 20.0. The van der Waals surface area contributed by atoms with Crippen molar-refractivity contribution >= 4 is 33.7 Å². The predicted molar refractivity (Wildman–Crippen MR) is 107 cm³/mol. The van der Waals surface area contributed by atoms with E-state index in [1.165, 1.54) is 0 Å². The molecule has 4 heterocycles. The number of ether oxygens (including phenoxy) is 2. The van der Waals surface area contributed by atoms with Crippen molar-refractivity contribution in [1.29, 1.82) is 0 Å². The molecule has 0 atom stereocenters. The maximum Gasteiger partial charge on any atom is 0.346 e. The van der Waals surface area contributed by atoms with Crippen molar-refractivity contribution in [2.45, 2.75) is 25.6 Å². The van der Waals surface area contributed by atoms with Crippen molar-refractivity contribution < 1.29 is 18.7 Å². The Morgan fingerprint density at radius 1 is 1.17 bits per heavy atom. The van der Waals surface area contributed by atoms with Crippen LogP contribution in [-0.2, 0) is 9.47 Å². The third kappa shape index (κ3) is 3.14. The molecule has 8 heteroatoms. The molecule has 29 heavy (non-hydrogen) atoms. The highest BCUT2D eigenvalue weighted by Crippen LogP contribution is 2.31. The van der Waals surface area contributed by atoms with Crippen LogP contribution in [0.25, 0.3) is 21.9 Å². The first-order valence-electron chi connectivity index (χ1n) is 9.72. The van der Waals surface area contributed by atoms with Gasteiger partial charge in [-0.1, -0.05) is 12.1 Å². The molecule has 2 aliphatic heterocycles. The summed E-state index contributed by atoms with van der Waals surface area (Å²) in [5, 5.41) is 4.03. The number of carbonyl (C=O) groups is 1. The van der Waals surface area contributed by atoms with E-state index in [1.807, 2.05) is 19.1 Å². The van der Waals surface area contributed by atoms with E-state index in [4.69, 9.17) is 13.9 Å². The maximum atomic E-state index is 12.8. The van der Waals surface area contributed by atoms with Crippen molar-refractivity contribution in [3.05, 3.63) is 46.3 Å². The lowest BCUT2D eigenvalue weighted by Crippen LogP contribution is -2.48. The van der Waals surface area contributed by atoms with Crippen LogP contribution in [0.3, 0.4) is 0 Å². The lowest BCUT2D eigenvalue weighted by molar-refractivity contribution is -0.181. The van der Waals surface area contributed by atoms with Crippen molar-refractivity contribution in [3.8, 4) is 0 Å². The number of urea groups is 1. The van der Waals surface area contributed by atoms with Crippen LogP contribution in [0.15, 0.2) is 39.5 Å². The number of pyridine rings is 1. The predicted octanol–water partition coefficient (Wildman–Crippen LogP) is 3.02. The Labute approximate surface area is 166 Å². The van der Waals surface area contributed by atoms with Gasteiger partial charge in [-0.05, 0) is 30.7 Å². The Kier molecular flexibility index (Phi) is 4.25. The summed E-state index contributed by atoms with van der Waals surface area (Å²) < 4.78 is 16.8. The molecule has 0 unspecified atom stereocenters. The number of hydrogen-bond donors (Lipinski definition) is 1. The van der Waals surface area contributed by atoms with Crippen LogP contribution >= 0.6 is 0 Å². The SMILES string of the molecule is Cc1cc(NC(=O)N2CCC3(CC2)OCCO3)nc2c1c(=O)oc1ccccc12. The fourth-order valence-corrected chi connectivity index (χ4v) is 4.12. The van der Waals surface area contributed by atoms with E-state index < -0.39 is 11.4 Å². The van der Waals surface area contributed by atoms with E-state index in [0.717, 1.165) is 5.39 Å². The Bertz CT molecular complexity index is 1160. The van der Waals surface area contributed by atoms with E-state index in [-0.39, 0.29) is 6.03 Å². The van der Waals surface area contributed by atoms with Gasteiger partial charge in [0.2, 0.25) is 0 Å². The molecule has 0 saturated carbocycles. The van der Waals surface area contributed by atoms with Gasteiger partial charge in [-0.3, -0.25) is 5.32 Å². The lowest BCUT2D eigenvalue weighted by atomic mass is 10.0. The number of aromatic nitrogens is 1. The number of fused-ring (bicyclic) bond motifs is 3. The summed E-state index contributed by atoms with van der Waals surface area (Å²) in [6.45, 7) is 4.11. The first kappa shape index (κ1) is 18.1. The van der Waals surface area contributed by atoms with Crippen LogP contribution in [0.4, 0.5) is 10.6 Å². The highest BCUT2D eigenvalue weighted by molar-refractivity contribution is 6.04. The summed E-state index contributed by atoms with van der Waals surface area (Å²) >= 11 is 0. The topological polar surface area (TPSA) is 93.9 Å². The molecule has 0 aliphatic carbocycles. The van der Waals surface area contributed by atoms with Gasteiger partial charge in [-0.15, -0.1) is 0 Å². The summed E-state index contributed by atoms with van der Waals surface area (Å²) in [6.07, 6.45) is 1.30. The second kappa shape index (κ2) is 6.82. The number of piperidine rings is 1. The fourth-order valence-electron chi connectivity index (χ4n) is 4.12. The molecule has 1 N–H and O–H groups in total. The molecule has 2 saturated heterocycles. The number of nitrogens with one attached hydrogen (secondary N) is 1. The number of carbonyl (C=O) groups excluding carboxylic acids is 1. The molecular formula is C21H21N3O5. The minimum absolute atomic E-state index is 0.226. The molecule has 1 aromatic carbocycles. The molecular weight excluding hydrogens is 374 g/mol. The van der Waals surface area contributed by atoms with E-state index >= 15 is 0 Å². The molecule has 2 aromatic heterocycles. The number of amides is 2. The van der Waals surface area contributed by atoms with Gasteiger partial charge in [-0.2, -0.15) is 0 Å². The van der Waals surface area contributed by atoms with Gasteiger partial charge in [0.05, 0.1) is 24.1 Å². The first-order valence-corrected chi connectivity index (χ1v) is 9.72. The zero-order valence-electron chi connectivity index (χ0n) is 16.1. The van der Waals surface area contributed by atoms with E-state index in [9.17, 15) is 9.59 Å². The van der Waals surface area contributed by atoms with E-state index in [2.05, 4.69) is 10.3 Å². The second-order valence-corrected chi connectivity index (χ2v) is 7.46. The molecule has 0 bridgehead atoms. The summed E-state index contributed by atoms with van der Waals surface area (Å²) in [5.74, 6) is -0.119. The Morgan fingerprint density at radius 2 is 1.90 bits per heavy atom. The molecule has 8 nitrogen and oxygen atoms in total. The average Bonchev–Trinajstić information content (AvgIpc) is 3.16. The van der Waals surface area contributed by atoms with Gasteiger partial charge >= 0.3 is 11.7 Å². The van der Waals surface area contributed by atoms with Gasteiger partial charge in [0.25, 0.3) is 0 Å². The average molecular weight is 395 g/mol. The number of nitrogens with zero attached hydrogens (tertiary/aromatic N) is 2. The molecule has 2 fully saturated rings. The first-order chi connectivity index (χ1) is 14.0. The Hall–Kier alpha value is -2.97. The van der Waals surface area contributed by atoms with Crippen LogP contribution in [-0.4, -0.2) is 48.0 Å². The van der Waals surface area contributed by atoms with E-state index in [0.29, 0.717) is 67.0 Å². The Balaban J connectivity index is 1.43. The quantitative estimate of drug-likeness (QED) is 0.503. The zero-order valence-corrected chi connectivity index (χ0v) is 16.1.